The Morgan fingerprint density at radius 3 is 2.20 bits per heavy atom. The topological polar surface area (TPSA) is 39.2 Å². The van der Waals surface area contributed by atoms with Gasteiger partial charge in [-0.15, -0.1) is 0 Å². The summed E-state index contributed by atoms with van der Waals surface area (Å²) >= 11 is 0. The van der Waals surface area contributed by atoms with Crippen LogP contribution in [0.5, 0.6) is 0 Å². The number of hydrogen-bond donors (Lipinski definition) is 0. The fourth-order valence-corrected chi connectivity index (χ4v) is 0.674. The summed E-state index contributed by atoms with van der Waals surface area (Å²) in [6, 6.07) is 3.82. The van der Waals surface area contributed by atoms with Gasteiger partial charge < -0.3 is 4.74 Å². The van der Waals surface area contributed by atoms with E-state index < -0.39 is 0 Å². The minimum atomic E-state index is -0.347. The average molecular weight is 205 g/mol. The van der Waals surface area contributed by atoms with Crippen LogP contribution in [0.4, 0.5) is 0 Å². The Morgan fingerprint density at radius 1 is 1.47 bits per heavy atom. The second-order valence-corrected chi connectivity index (χ2v) is 2.76. The molecule has 3 nitrogen and oxygen atoms in total. The molecule has 1 heterocycles. The van der Waals surface area contributed by atoms with Crippen LogP contribution in [-0.4, -0.2) is 18.1 Å². The number of hydrogen-bond acceptors (Lipinski definition) is 3. The van der Waals surface area contributed by atoms with Crippen molar-refractivity contribution in [2.24, 2.45) is 0 Å². The predicted octanol–water partition coefficient (Wildman–Crippen LogP) is 2.46. The molecule has 0 bridgehead atoms. The largest absolute Gasteiger partial charge is 0.466 e. The number of aromatic nitrogens is 1. The third-order valence-electron chi connectivity index (χ3n) is 1.48. The van der Waals surface area contributed by atoms with Crippen LogP contribution in [0.15, 0.2) is 43.3 Å². The number of rotatable bonds is 2. The average Bonchev–Trinajstić information content (AvgIpc) is 2.29. The van der Waals surface area contributed by atoms with E-state index in [9.17, 15) is 4.79 Å². The molecule has 1 aromatic rings. The molecular formula is C12H15NO2. The highest BCUT2D eigenvalue weighted by Crippen LogP contribution is 1.95. The van der Waals surface area contributed by atoms with Gasteiger partial charge >= 0.3 is 5.97 Å². The standard InChI is InChI=1S/C7H7N.C5H8O2/c1-2-7-3-5-8-6-4-7;1-4(2)5(6)7-3/h2-6H,1H2;1H2,2-3H3. The van der Waals surface area contributed by atoms with Crippen LogP contribution in [0, 0.1) is 0 Å². The maximum atomic E-state index is 10.2. The van der Waals surface area contributed by atoms with E-state index in [4.69, 9.17) is 0 Å². The molecule has 0 aliphatic heterocycles. The first-order valence-electron chi connectivity index (χ1n) is 4.38. The molecule has 0 fully saturated rings. The number of esters is 1. The van der Waals surface area contributed by atoms with Crippen molar-refractivity contribution in [1.82, 2.24) is 4.98 Å². The fraction of sp³-hybridized carbons (Fsp3) is 0.167. The number of nitrogens with zero attached hydrogens (tertiary/aromatic N) is 1. The summed E-state index contributed by atoms with van der Waals surface area (Å²) in [7, 11) is 1.33. The van der Waals surface area contributed by atoms with Crippen LogP contribution in [0.25, 0.3) is 6.08 Å². The summed E-state index contributed by atoms with van der Waals surface area (Å²) in [5, 5.41) is 0. The zero-order chi connectivity index (χ0) is 11.7. The molecule has 0 amide bonds. The molecule has 1 aromatic heterocycles. The predicted molar refractivity (Wildman–Crippen MR) is 61.2 cm³/mol. The molecule has 0 aliphatic rings. The second kappa shape index (κ2) is 7.50. The van der Waals surface area contributed by atoms with Crippen molar-refractivity contribution < 1.29 is 9.53 Å². The van der Waals surface area contributed by atoms with E-state index in [1.165, 1.54) is 7.11 Å². The summed E-state index contributed by atoms with van der Waals surface area (Å²) in [5.74, 6) is -0.347. The summed E-state index contributed by atoms with van der Waals surface area (Å²) in [4.78, 5) is 14.0. The van der Waals surface area contributed by atoms with E-state index in [1.54, 1.807) is 25.4 Å². The molecule has 0 spiro atoms. The van der Waals surface area contributed by atoms with Crippen LogP contribution >= 0.6 is 0 Å². The van der Waals surface area contributed by atoms with Crippen molar-refractivity contribution in [1.29, 1.82) is 0 Å². The molecule has 1 rings (SSSR count). The summed E-state index contributed by atoms with van der Waals surface area (Å²) in [6.45, 7) is 8.56. The van der Waals surface area contributed by atoms with Gasteiger partial charge in [-0.05, 0) is 24.6 Å². The third-order valence-corrected chi connectivity index (χ3v) is 1.48. The van der Waals surface area contributed by atoms with Gasteiger partial charge in [-0.2, -0.15) is 0 Å². The molecular weight excluding hydrogens is 190 g/mol. The number of carbonyl (C=O) groups is 1. The molecule has 0 aromatic carbocycles. The SMILES string of the molecule is C=C(C)C(=O)OC.C=Cc1ccncc1. The van der Waals surface area contributed by atoms with Gasteiger partial charge in [-0.3, -0.25) is 4.98 Å². The summed E-state index contributed by atoms with van der Waals surface area (Å²) in [6.07, 6.45) is 5.29. The first-order valence-corrected chi connectivity index (χ1v) is 4.38. The Kier molecular flexibility index (Phi) is 6.55. The molecule has 0 atom stereocenters. The van der Waals surface area contributed by atoms with E-state index in [0.29, 0.717) is 5.57 Å². The third kappa shape index (κ3) is 6.21. The van der Waals surface area contributed by atoms with Crippen molar-refractivity contribution in [2.45, 2.75) is 6.92 Å². The number of pyridine rings is 1. The zero-order valence-electron chi connectivity index (χ0n) is 9.06. The van der Waals surface area contributed by atoms with Crippen molar-refractivity contribution in [3.63, 3.8) is 0 Å². The highest BCUT2D eigenvalue weighted by Gasteiger charge is 1.95. The normalized spacial score (nSPS) is 8.13. The number of ether oxygens (including phenoxy) is 1. The van der Waals surface area contributed by atoms with Crippen LogP contribution in [0.3, 0.4) is 0 Å². The maximum absolute atomic E-state index is 10.2. The number of methoxy groups -OCH3 is 1. The van der Waals surface area contributed by atoms with Gasteiger partial charge in [0, 0.05) is 18.0 Å². The van der Waals surface area contributed by atoms with Gasteiger partial charge in [0.1, 0.15) is 0 Å². The summed E-state index contributed by atoms with van der Waals surface area (Å²) in [5.41, 5.74) is 1.54. The van der Waals surface area contributed by atoms with E-state index in [0.717, 1.165) is 5.56 Å². The zero-order valence-corrected chi connectivity index (χ0v) is 9.06. The lowest BCUT2D eigenvalue weighted by Gasteiger charge is -1.91. The van der Waals surface area contributed by atoms with Crippen LogP contribution in [0.2, 0.25) is 0 Å². The fourth-order valence-electron chi connectivity index (χ4n) is 0.674. The van der Waals surface area contributed by atoms with Crippen LogP contribution in [-0.2, 0) is 9.53 Å². The van der Waals surface area contributed by atoms with Gasteiger partial charge in [0.15, 0.2) is 0 Å². The highest BCUT2D eigenvalue weighted by molar-refractivity contribution is 5.86. The van der Waals surface area contributed by atoms with Crippen molar-refractivity contribution in [2.75, 3.05) is 7.11 Å². The Hall–Kier alpha value is -1.90. The highest BCUT2D eigenvalue weighted by atomic mass is 16.5. The summed E-state index contributed by atoms with van der Waals surface area (Å²) < 4.78 is 4.27. The van der Waals surface area contributed by atoms with Gasteiger partial charge in [-0.1, -0.05) is 19.2 Å². The van der Waals surface area contributed by atoms with Crippen LogP contribution in [0.1, 0.15) is 12.5 Å². The molecule has 3 heteroatoms. The molecule has 0 saturated carbocycles. The van der Waals surface area contributed by atoms with E-state index in [-0.39, 0.29) is 5.97 Å². The Morgan fingerprint density at radius 2 is 2.00 bits per heavy atom. The maximum Gasteiger partial charge on any atom is 0.332 e. The lowest BCUT2D eigenvalue weighted by molar-refractivity contribution is -0.136. The second-order valence-electron chi connectivity index (χ2n) is 2.76. The lowest BCUT2D eigenvalue weighted by Crippen LogP contribution is -1.98. The Labute approximate surface area is 90.1 Å². The molecule has 0 radical (unpaired) electrons. The molecule has 0 aliphatic carbocycles. The van der Waals surface area contributed by atoms with Crippen molar-refractivity contribution >= 4 is 12.0 Å². The Bertz CT molecular complexity index is 331. The van der Waals surface area contributed by atoms with Gasteiger partial charge in [0.05, 0.1) is 7.11 Å². The van der Waals surface area contributed by atoms with E-state index in [1.807, 2.05) is 12.1 Å². The first-order chi connectivity index (χ1) is 7.11. The smallest absolute Gasteiger partial charge is 0.332 e. The van der Waals surface area contributed by atoms with Crippen LogP contribution < -0.4 is 0 Å². The van der Waals surface area contributed by atoms with E-state index >= 15 is 0 Å². The Balaban J connectivity index is 0.000000265. The van der Waals surface area contributed by atoms with Crippen molar-refractivity contribution in [3.05, 3.63) is 48.8 Å². The molecule has 80 valence electrons. The van der Waals surface area contributed by atoms with Crippen molar-refractivity contribution in [3.8, 4) is 0 Å². The van der Waals surface area contributed by atoms with E-state index in [2.05, 4.69) is 22.9 Å². The quantitative estimate of drug-likeness (QED) is 0.550. The van der Waals surface area contributed by atoms with Gasteiger partial charge in [-0.25, -0.2) is 4.79 Å². The molecule has 0 N–H and O–H groups in total. The first kappa shape index (κ1) is 13.1. The number of carbonyl (C=O) groups excluding carboxylic acids is 1. The van der Waals surface area contributed by atoms with Gasteiger partial charge in [0.25, 0.3) is 0 Å². The van der Waals surface area contributed by atoms with Gasteiger partial charge in [0.2, 0.25) is 0 Å². The monoisotopic (exact) mass is 205 g/mol. The lowest BCUT2D eigenvalue weighted by atomic mass is 10.3. The minimum absolute atomic E-state index is 0.347. The molecule has 0 saturated heterocycles. The molecule has 0 unspecified atom stereocenters. The minimum Gasteiger partial charge on any atom is -0.466 e. The molecule has 15 heavy (non-hydrogen) atoms.